The van der Waals surface area contributed by atoms with Gasteiger partial charge in [-0.05, 0) is 64.8 Å². The summed E-state index contributed by atoms with van der Waals surface area (Å²) in [6, 6.07) is 10.3. The number of fused-ring (bicyclic) bond motifs is 1. The molecule has 2 aromatic carbocycles. The van der Waals surface area contributed by atoms with Crippen molar-refractivity contribution in [2.24, 2.45) is 0 Å². The maximum atomic E-state index is 13.4. The molecule has 1 heterocycles. The Bertz CT molecular complexity index is 841. The number of aromatic amines is 1. The Morgan fingerprint density at radius 2 is 2.05 bits per heavy atom. The van der Waals surface area contributed by atoms with Crippen LogP contribution in [-0.4, -0.2) is 10.9 Å². The number of aryl methyl sites for hydroxylation is 1. The van der Waals surface area contributed by atoms with Crippen LogP contribution in [0.25, 0.3) is 10.9 Å². The lowest BCUT2D eigenvalue weighted by Gasteiger charge is -2.10. The van der Waals surface area contributed by atoms with E-state index in [1.165, 1.54) is 6.07 Å². The molecule has 3 nitrogen and oxygen atoms in total. The summed E-state index contributed by atoms with van der Waals surface area (Å²) in [7, 11) is 0. The van der Waals surface area contributed by atoms with Gasteiger partial charge in [-0.2, -0.15) is 0 Å². The lowest BCUT2D eigenvalue weighted by molar-refractivity contribution is 0.102. The molecular weight excluding hydrogens is 335 g/mol. The lowest BCUT2D eigenvalue weighted by Crippen LogP contribution is -2.12. The number of hydrogen-bond donors (Lipinski definition) is 2. The van der Waals surface area contributed by atoms with Crippen molar-refractivity contribution < 1.29 is 9.18 Å². The van der Waals surface area contributed by atoms with Crippen LogP contribution < -0.4 is 5.32 Å². The summed E-state index contributed by atoms with van der Waals surface area (Å²) >= 11 is 3.12. The molecule has 0 unspecified atom stereocenters. The van der Waals surface area contributed by atoms with Gasteiger partial charge in [-0.1, -0.05) is 0 Å². The van der Waals surface area contributed by atoms with Crippen molar-refractivity contribution in [3.8, 4) is 0 Å². The van der Waals surface area contributed by atoms with E-state index in [1.807, 2.05) is 24.4 Å². The van der Waals surface area contributed by atoms with Crippen LogP contribution in [0, 0.1) is 12.7 Å². The highest BCUT2D eigenvalue weighted by Gasteiger charge is 2.11. The van der Waals surface area contributed by atoms with E-state index in [2.05, 4.69) is 26.2 Å². The number of hydrogen-bond acceptors (Lipinski definition) is 1. The van der Waals surface area contributed by atoms with Crippen molar-refractivity contribution in [1.82, 2.24) is 4.98 Å². The highest BCUT2D eigenvalue weighted by molar-refractivity contribution is 9.10. The Hall–Kier alpha value is -2.14. The van der Waals surface area contributed by atoms with Gasteiger partial charge in [0.05, 0.1) is 4.47 Å². The molecule has 1 amide bonds. The normalized spacial score (nSPS) is 10.8. The molecule has 0 spiro atoms. The predicted octanol–water partition coefficient (Wildman–Crippen LogP) is 4.63. The number of nitrogens with one attached hydrogen (secondary N) is 2. The molecule has 21 heavy (non-hydrogen) atoms. The quantitative estimate of drug-likeness (QED) is 0.698. The minimum absolute atomic E-state index is 0.222. The van der Waals surface area contributed by atoms with E-state index in [-0.39, 0.29) is 11.7 Å². The first-order valence-electron chi connectivity index (χ1n) is 6.39. The van der Waals surface area contributed by atoms with Gasteiger partial charge >= 0.3 is 0 Å². The molecule has 0 radical (unpaired) electrons. The molecule has 0 saturated carbocycles. The van der Waals surface area contributed by atoms with Gasteiger partial charge in [0.15, 0.2) is 0 Å². The predicted molar refractivity (Wildman–Crippen MR) is 85.1 cm³/mol. The third-order valence-corrected chi connectivity index (χ3v) is 3.94. The van der Waals surface area contributed by atoms with Gasteiger partial charge in [0.25, 0.3) is 5.91 Å². The molecule has 0 saturated heterocycles. The molecule has 0 aliphatic heterocycles. The van der Waals surface area contributed by atoms with Crippen LogP contribution in [0.3, 0.4) is 0 Å². The van der Waals surface area contributed by atoms with Crippen molar-refractivity contribution in [1.29, 1.82) is 0 Å². The number of benzene rings is 2. The van der Waals surface area contributed by atoms with Crippen LogP contribution >= 0.6 is 15.9 Å². The van der Waals surface area contributed by atoms with E-state index in [0.717, 1.165) is 10.9 Å². The van der Waals surface area contributed by atoms with Crippen LogP contribution in [0.5, 0.6) is 0 Å². The van der Waals surface area contributed by atoms with Crippen LogP contribution in [-0.2, 0) is 0 Å². The summed E-state index contributed by atoms with van der Waals surface area (Å²) in [5.74, 6) is -0.570. The molecule has 5 heteroatoms. The van der Waals surface area contributed by atoms with Gasteiger partial charge in [0.1, 0.15) is 5.82 Å². The molecule has 0 aliphatic carbocycles. The molecule has 3 rings (SSSR count). The molecule has 106 valence electrons. The number of aromatic nitrogens is 1. The number of rotatable bonds is 2. The summed E-state index contributed by atoms with van der Waals surface area (Å²) in [6.07, 6.45) is 1.83. The summed E-state index contributed by atoms with van der Waals surface area (Å²) in [6.45, 7) is 1.75. The Labute approximate surface area is 129 Å². The second-order valence-electron chi connectivity index (χ2n) is 4.82. The molecule has 0 aliphatic rings. The average molecular weight is 347 g/mol. The summed E-state index contributed by atoms with van der Waals surface area (Å²) in [5, 5.41) is 3.78. The van der Waals surface area contributed by atoms with E-state index in [0.29, 0.717) is 21.3 Å². The Morgan fingerprint density at radius 1 is 1.24 bits per heavy atom. The second-order valence-corrected chi connectivity index (χ2v) is 5.67. The van der Waals surface area contributed by atoms with Crippen molar-refractivity contribution in [3.05, 3.63) is 64.0 Å². The number of halogens is 2. The lowest BCUT2D eigenvalue weighted by atomic mass is 10.1. The minimum atomic E-state index is -0.348. The maximum absolute atomic E-state index is 13.4. The average Bonchev–Trinajstić information content (AvgIpc) is 2.92. The van der Waals surface area contributed by atoms with E-state index < -0.39 is 0 Å². The third-order valence-electron chi connectivity index (χ3n) is 3.33. The summed E-state index contributed by atoms with van der Waals surface area (Å²) in [5.41, 5.74) is 2.79. The smallest absolute Gasteiger partial charge is 0.255 e. The number of H-pyrrole nitrogens is 1. The SMILES string of the molecule is Cc1cc(F)c(Br)cc1NC(=O)c1ccc2[nH]ccc2c1. The van der Waals surface area contributed by atoms with Crippen molar-refractivity contribution in [2.75, 3.05) is 5.32 Å². The van der Waals surface area contributed by atoms with Gasteiger partial charge in [0.2, 0.25) is 0 Å². The largest absolute Gasteiger partial charge is 0.361 e. The fraction of sp³-hybridized carbons (Fsp3) is 0.0625. The van der Waals surface area contributed by atoms with E-state index in [1.54, 1.807) is 19.1 Å². The number of carbonyl (C=O) groups excluding carboxylic acids is 1. The van der Waals surface area contributed by atoms with Gasteiger partial charge in [-0.15, -0.1) is 0 Å². The van der Waals surface area contributed by atoms with Crippen molar-refractivity contribution >= 4 is 38.4 Å². The fourth-order valence-corrected chi connectivity index (χ4v) is 2.51. The Balaban J connectivity index is 1.90. The molecule has 3 aromatic rings. The third kappa shape index (κ3) is 2.69. The first-order chi connectivity index (χ1) is 10.0. The van der Waals surface area contributed by atoms with Crippen molar-refractivity contribution in [2.45, 2.75) is 6.92 Å². The Morgan fingerprint density at radius 3 is 2.86 bits per heavy atom. The first-order valence-corrected chi connectivity index (χ1v) is 7.18. The fourth-order valence-electron chi connectivity index (χ4n) is 2.17. The van der Waals surface area contributed by atoms with Crippen LogP contribution in [0.2, 0.25) is 0 Å². The number of anilines is 1. The maximum Gasteiger partial charge on any atom is 0.255 e. The zero-order valence-electron chi connectivity index (χ0n) is 11.2. The number of carbonyl (C=O) groups is 1. The minimum Gasteiger partial charge on any atom is -0.361 e. The topological polar surface area (TPSA) is 44.9 Å². The summed E-state index contributed by atoms with van der Waals surface area (Å²) < 4.78 is 13.7. The van der Waals surface area contributed by atoms with Crippen LogP contribution in [0.4, 0.5) is 10.1 Å². The highest BCUT2D eigenvalue weighted by atomic mass is 79.9. The molecular formula is C16H12BrFN2O. The second kappa shape index (κ2) is 5.33. The van der Waals surface area contributed by atoms with Crippen molar-refractivity contribution in [3.63, 3.8) is 0 Å². The van der Waals surface area contributed by atoms with Gasteiger partial charge < -0.3 is 10.3 Å². The molecule has 0 bridgehead atoms. The molecule has 1 aromatic heterocycles. The van der Waals surface area contributed by atoms with Gasteiger partial charge in [-0.25, -0.2) is 4.39 Å². The zero-order valence-corrected chi connectivity index (χ0v) is 12.8. The van der Waals surface area contributed by atoms with E-state index >= 15 is 0 Å². The van der Waals surface area contributed by atoms with Crippen LogP contribution in [0.15, 0.2) is 47.1 Å². The molecule has 2 N–H and O–H groups in total. The summed E-state index contributed by atoms with van der Waals surface area (Å²) in [4.78, 5) is 15.4. The van der Waals surface area contributed by atoms with Crippen LogP contribution in [0.1, 0.15) is 15.9 Å². The van der Waals surface area contributed by atoms with Gasteiger partial charge in [-0.3, -0.25) is 4.79 Å². The monoisotopic (exact) mass is 346 g/mol. The van der Waals surface area contributed by atoms with E-state index in [4.69, 9.17) is 0 Å². The Kier molecular flexibility index (Phi) is 3.51. The molecule has 0 atom stereocenters. The van der Waals surface area contributed by atoms with E-state index in [9.17, 15) is 9.18 Å². The standard InChI is InChI=1S/C16H12BrFN2O/c1-9-6-13(18)12(17)8-15(9)20-16(21)11-2-3-14-10(7-11)4-5-19-14/h2-8,19H,1H3,(H,20,21). The zero-order chi connectivity index (χ0) is 15.0. The first kappa shape index (κ1) is 13.8. The van der Waals surface area contributed by atoms with Gasteiger partial charge in [0, 0.05) is 28.4 Å². The number of amides is 1. The highest BCUT2D eigenvalue weighted by Crippen LogP contribution is 2.25. The molecule has 0 fully saturated rings.